The molecule has 2 N–H and O–H groups in total. The molecule has 0 aromatic carbocycles. The van der Waals surface area contributed by atoms with Gasteiger partial charge in [0, 0.05) is 23.7 Å². The van der Waals surface area contributed by atoms with E-state index in [1.165, 1.54) is 16.7 Å². The van der Waals surface area contributed by atoms with E-state index in [4.69, 9.17) is 0 Å². The molecule has 3 rings (SSSR count). The summed E-state index contributed by atoms with van der Waals surface area (Å²) in [7, 11) is 1.79. The Balaban J connectivity index is 1.88. The zero-order valence-electron chi connectivity index (χ0n) is 12.0. The fourth-order valence-electron chi connectivity index (χ4n) is 2.62. The van der Waals surface area contributed by atoms with Crippen LogP contribution in [-0.4, -0.2) is 48.2 Å². The number of carbonyl (C=O) groups excluding carboxylic acids is 1. The molecule has 2 aliphatic heterocycles. The van der Waals surface area contributed by atoms with Crippen LogP contribution in [0.25, 0.3) is 6.08 Å². The molecule has 3 heterocycles. The lowest BCUT2D eigenvalue weighted by Crippen LogP contribution is -2.60. The molecule has 1 aromatic heterocycles. The van der Waals surface area contributed by atoms with Gasteiger partial charge in [0.2, 0.25) is 5.91 Å². The van der Waals surface area contributed by atoms with Crippen LogP contribution < -0.4 is 0 Å². The number of hydrogen-bond donors (Lipinski definition) is 2. The average Bonchev–Trinajstić information content (AvgIpc) is 2.97. The highest BCUT2D eigenvalue weighted by Gasteiger charge is 2.57. The third kappa shape index (κ3) is 2.24. The van der Waals surface area contributed by atoms with E-state index in [2.05, 4.69) is 5.10 Å². The molecule has 1 saturated heterocycles. The van der Waals surface area contributed by atoms with Crippen molar-refractivity contribution in [3.8, 4) is 0 Å². The Morgan fingerprint density at radius 2 is 2.23 bits per heavy atom. The molecule has 116 valence electrons. The molecule has 0 unspecified atom stereocenters. The zero-order chi connectivity index (χ0) is 16.0. The Morgan fingerprint density at radius 1 is 1.50 bits per heavy atom. The Labute approximate surface area is 130 Å². The van der Waals surface area contributed by atoms with E-state index in [1.807, 2.05) is 0 Å². The molecule has 0 bridgehead atoms. The van der Waals surface area contributed by atoms with Gasteiger partial charge in [-0.1, -0.05) is 17.8 Å². The lowest BCUT2D eigenvalue weighted by Gasteiger charge is -2.43. The monoisotopic (exact) mass is 321 g/mol. The molecule has 0 spiro atoms. The van der Waals surface area contributed by atoms with Gasteiger partial charge in [0.05, 0.1) is 18.2 Å². The maximum Gasteiger partial charge on any atom is 0.353 e. The van der Waals surface area contributed by atoms with Crippen LogP contribution in [0.1, 0.15) is 12.5 Å². The molecule has 2 aliphatic rings. The second kappa shape index (κ2) is 5.29. The molecule has 7 nitrogen and oxygen atoms in total. The smallest absolute Gasteiger partial charge is 0.353 e. The highest BCUT2D eigenvalue weighted by Crippen LogP contribution is 2.50. The van der Waals surface area contributed by atoms with E-state index in [9.17, 15) is 19.8 Å². The fraction of sp³-hybridized carbons (Fsp3) is 0.357. The van der Waals surface area contributed by atoms with E-state index in [1.54, 1.807) is 43.2 Å². The molecule has 1 fully saturated rings. The van der Waals surface area contributed by atoms with Crippen molar-refractivity contribution in [2.45, 2.75) is 18.4 Å². The van der Waals surface area contributed by atoms with Crippen LogP contribution >= 0.6 is 11.8 Å². The summed E-state index contributed by atoms with van der Waals surface area (Å²) in [6.07, 6.45) is 6.10. The summed E-state index contributed by atoms with van der Waals surface area (Å²) >= 11 is 1.29. The Morgan fingerprint density at radius 3 is 2.77 bits per heavy atom. The first-order valence-corrected chi connectivity index (χ1v) is 7.60. The van der Waals surface area contributed by atoms with E-state index < -0.39 is 18.0 Å². The first-order chi connectivity index (χ1) is 10.4. The number of carboxylic acid groups (broad SMARTS) is 1. The Bertz CT molecular complexity index is 707. The van der Waals surface area contributed by atoms with Crippen LogP contribution in [0.15, 0.2) is 29.1 Å². The van der Waals surface area contributed by atoms with Gasteiger partial charge in [-0.2, -0.15) is 5.10 Å². The van der Waals surface area contributed by atoms with Gasteiger partial charge in [-0.3, -0.25) is 14.4 Å². The van der Waals surface area contributed by atoms with Crippen LogP contribution in [0, 0.1) is 5.92 Å². The minimum atomic E-state index is -1.14. The number of aryl methyl sites for hydroxylation is 1. The zero-order valence-corrected chi connectivity index (χ0v) is 12.8. The van der Waals surface area contributed by atoms with Crippen LogP contribution in [0.2, 0.25) is 0 Å². The quantitative estimate of drug-likeness (QED) is 0.790. The molecule has 8 heteroatoms. The Hall–Kier alpha value is -2.06. The largest absolute Gasteiger partial charge is 0.477 e. The molecular formula is C14H15N3O4S. The highest BCUT2D eigenvalue weighted by atomic mass is 32.2. The number of aromatic nitrogens is 2. The van der Waals surface area contributed by atoms with Crippen molar-refractivity contribution >= 4 is 29.7 Å². The molecule has 0 aliphatic carbocycles. The molecular weight excluding hydrogens is 306 g/mol. The van der Waals surface area contributed by atoms with Crippen molar-refractivity contribution in [1.82, 2.24) is 14.7 Å². The number of fused-ring (bicyclic) bond motifs is 1. The summed E-state index contributed by atoms with van der Waals surface area (Å²) in [5, 5.41) is 22.7. The summed E-state index contributed by atoms with van der Waals surface area (Å²) in [6.45, 7) is 1.55. The lowest BCUT2D eigenvalue weighted by molar-refractivity contribution is -0.156. The van der Waals surface area contributed by atoms with Crippen molar-refractivity contribution < 1.29 is 19.8 Å². The van der Waals surface area contributed by atoms with Gasteiger partial charge in [0.15, 0.2) is 0 Å². The third-order valence-electron chi connectivity index (χ3n) is 3.68. The van der Waals surface area contributed by atoms with Crippen molar-refractivity contribution in [2.75, 3.05) is 0 Å². The van der Waals surface area contributed by atoms with Crippen LogP contribution in [-0.2, 0) is 16.6 Å². The lowest BCUT2D eigenvalue weighted by atomic mass is 9.92. The van der Waals surface area contributed by atoms with Crippen LogP contribution in [0.3, 0.4) is 0 Å². The number of amides is 1. The number of aliphatic carboxylic acids is 1. The number of aliphatic hydroxyl groups is 1. The summed E-state index contributed by atoms with van der Waals surface area (Å²) in [5.41, 5.74) is 0.824. The first kappa shape index (κ1) is 14.9. The van der Waals surface area contributed by atoms with Gasteiger partial charge in [0.1, 0.15) is 11.1 Å². The minimum Gasteiger partial charge on any atom is -0.477 e. The van der Waals surface area contributed by atoms with Crippen LogP contribution in [0.5, 0.6) is 0 Å². The topological polar surface area (TPSA) is 95.7 Å². The second-order valence-electron chi connectivity index (χ2n) is 5.28. The average molecular weight is 321 g/mol. The number of hydrogen-bond acceptors (Lipinski definition) is 5. The van der Waals surface area contributed by atoms with Gasteiger partial charge in [-0.25, -0.2) is 4.79 Å². The van der Waals surface area contributed by atoms with E-state index in [0.29, 0.717) is 4.91 Å². The third-order valence-corrected chi connectivity index (χ3v) is 5.01. The highest BCUT2D eigenvalue weighted by molar-refractivity contribution is 8.04. The van der Waals surface area contributed by atoms with Crippen molar-refractivity contribution in [2.24, 2.45) is 13.0 Å². The first-order valence-electron chi connectivity index (χ1n) is 6.72. The van der Waals surface area contributed by atoms with Gasteiger partial charge in [0.25, 0.3) is 0 Å². The van der Waals surface area contributed by atoms with Crippen molar-refractivity contribution in [1.29, 1.82) is 0 Å². The fourth-order valence-corrected chi connectivity index (χ4v) is 4.13. The normalized spacial score (nSPS) is 25.6. The molecule has 1 aromatic rings. The van der Waals surface area contributed by atoms with Crippen molar-refractivity contribution in [3.05, 3.63) is 34.6 Å². The predicted octanol–water partition coefficient (Wildman–Crippen LogP) is 0.642. The summed E-state index contributed by atoms with van der Waals surface area (Å²) in [6, 6.07) is 0. The number of aliphatic hydroxyl groups excluding tert-OH is 1. The standard InChI is InChI=1S/C14H15N3O4S/c1-7(18)10-12(19)17-11(14(20)21)9(22-13(10)17)4-3-8-5-15-16(2)6-8/h3-7,10,13,18H,1-2H3,(H,20,21)/t7-,10+,13-/m1/s1. The molecule has 22 heavy (non-hydrogen) atoms. The van der Waals surface area contributed by atoms with Gasteiger partial charge >= 0.3 is 5.97 Å². The number of allylic oxidation sites excluding steroid dienone is 1. The number of thioether (sulfide) groups is 1. The molecule has 0 radical (unpaired) electrons. The SMILES string of the molecule is C[C@@H](O)[C@H]1C(=O)N2C(C(=O)O)=C(C=Cc3cnn(C)c3)S[C@H]12. The van der Waals surface area contributed by atoms with Crippen molar-refractivity contribution in [3.63, 3.8) is 0 Å². The van der Waals surface area contributed by atoms with Gasteiger partial charge in [-0.05, 0) is 13.0 Å². The molecule has 1 amide bonds. The summed E-state index contributed by atoms with van der Waals surface area (Å²) in [5.74, 6) is -2.03. The summed E-state index contributed by atoms with van der Waals surface area (Å²) < 4.78 is 1.65. The van der Waals surface area contributed by atoms with Crippen LogP contribution in [0.4, 0.5) is 0 Å². The number of rotatable bonds is 4. The number of β-lactam (4-membered cyclic amide) rings is 1. The molecule has 3 atom stereocenters. The second-order valence-corrected chi connectivity index (χ2v) is 6.44. The van der Waals surface area contributed by atoms with Gasteiger partial charge in [-0.15, -0.1) is 0 Å². The Kier molecular flexibility index (Phi) is 3.57. The predicted molar refractivity (Wildman–Crippen MR) is 80.3 cm³/mol. The van der Waals surface area contributed by atoms with E-state index in [0.717, 1.165) is 5.56 Å². The van der Waals surface area contributed by atoms with E-state index >= 15 is 0 Å². The minimum absolute atomic E-state index is 0.0166. The van der Waals surface area contributed by atoms with E-state index in [-0.39, 0.29) is 17.0 Å². The number of carboxylic acids is 1. The molecule has 0 saturated carbocycles. The number of nitrogens with zero attached hydrogens (tertiary/aromatic N) is 3. The number of carbonyl (C=O) groups is 2. The summed E-state index contributed by atoms with van der Waals surface area (Å²) in [4.78, 5) is 25.3. The van der Waals surface area contributed by atoms with Gasteiger partial charge < -0.3 is 10.2 Å². The maximum absolute atomic E-state index is 12.0. The maximum atomic E-state index is 12.0.